The summed E-state index contributed by atoms with van der Waals surface area (Å²) in [7, 11) is 0. The van der Waals surface area contributed by atoms with Crippen LogP contribution in [-0.2, 0) is 17.6 Å². The van der Waals surface area contributed by atoms with Gasteiger partial charge in [-0.15, -0.1) is 11.8 Å². The molecule has 0 amide bonds. The Kier molecular flexibility index (Phi) is 4.56. The number of hydrogen-bond donors (Lipinski definition) is 0. The lowest BCUT2D eigenvalue weighted by Crippen LogP contribution is -2.13. The van der Waals surface area contributed by atoms with E-state index < -0.39 is 0 Å². The highest BCUT2D eigenvalue weighted by atomic mass is 32.2. The average Bonchev–Trinajstić information content (AvgIpc) is 2.80. The number of carbonyl (C=O) groups is 1. The molecule has 0 saturated heterocycles. The lowest BCUT2D eigenvalue weighted by Gasteiger charge is -2.16. The molecule has 0 radical (unpaired) electrons. The smallest absolute Gasteiger partial charge is 0.143 e. The van der Waals surface area contributed by atoms with Crippen molar-refractivity contribution in [2.75, 3.05) is 12.4 Å². The number of aryl methyl sites for hydroxylation is 1. The average molecular weight is 278 g/mol. The lowest BCUT2D eigenvalue weighted by molar-refractivity contribution is -0.116. The van der Waals surface area contributed by atoms with Gasteiger partial charge in [0.25, 0.3) is 0 Å². The van der Waals surface area contributed by atoms with Gasteiger partial charge in [0.2, 0.25) is 0 Å². The Morgan fingerprint density at radius 1 is 1.37 bits per heavy atom. The van der Waals surface area contributed by atoms with E-state index in [1.165, 1.54) is 11.1 Å². The molecule has 0 unspecified atom stereocenters. The van der Waals surface area contributed by atoms with Gasteiger partial charge in [0, 0.05) is 17.6 Å². The molecule has 1 aliphatic heterocycles. The zero-order valence-corrected chi connectivity index (χ0v) is 12.8. The minimum Gasteiger partial charge on any atom is -0.493 e. The summed E-state index contributed by atoms with van der Waals surface area (Å²) in [6.07, 6.45) is 2.48. The summed E-state index contributed by atoms with van der Waals surface area (Å²) in [5.41, 5.74) is 2.53. The molecule has 0 N–H and O–H groups in total. The normalized spacial score (nSPS) is 14.1. The van der Waals surface area contributed by atoms with Crippen molar-refractivity contribution in [3.05, 3.63) is 29.3 Å². The summed E-state index contributed by atoms with van der Waals surface area (Å²) in [5, 5.41) is 0. The Morgan fingerprint density at radius 2 is 2.16 bits per heavy atom. The van der Waals surface area contributed by atoms with E-state index in [1.54, 1.807) is 11.8 Å². The van der Waals surface area contributed by atoms with Gasteiger partial charge < -0.3 is 4.74 Å². The fraction of sp³-hybridized carbons (Fsp3) is 0.562. The van der Waals surface area contributed by atoms with Gasteiger partial charge in [-0.1, -0.05) is 32.9 Å². The van der Waals surface area contributed by atoms with Crippen molar-refractivity contribution >= 4 is 17.5 Å². The Balaban J connectivity index is 1.81. The molecule has 2 nitrogen and oxygen atoms in total. The second-order valence-corrected chi connectivity index (χ2v) is 7.78. The molecule has 0 bridgehead atoms. The van der Waals surface area contributed by atoms with Crippen molar-refractivity contribution in [3.8, 4) is 5.75 Å². The summed E-state index contributed by atoms with van der Waals surface area (Å²) in [4.78, 5) is 11.9. The molecule has 0 aliphatic carbocycles. The molecule has 1 aromatic carbocycles. The van der Waals surface area contributed by atoms with Gasteiger partial charge in [-0.2, -0.15) is 0 Å². The van der Waals surface area contributed by atoms with Gasteiger partial charge in [0.1, 0.15) is 11.5 Å². The molecule has 0 aromatic heterocycles. The molecule has 0 atom stereocenters. The van der Waals surface area contributed by atoms with Gasteiger partial charge in [0.15, 0.2) is 0 Å². The van der Waals surface area contributed by atoms with E-state index in [9.17, 15) is 4.79 Å². The quantitative estimate of drug-likeness (QED) is 0.822. The van der Waals surface area contributed by atoms with Crippen LogP contribution in [0.15, 0.2) is 18.2 Å². The standard InChI is InChI=1S/C16H22O2S/c1-16(2,3)19-11-14(17)6-4-12-5-7-15-13(10-12)8-9-18-15/h5,7,10H,4,6,8-9,11H2,1-3H3. The SMILES string of the molecule is CC(C)(C)SCC(=O)CCc1ccc2c(c1)CCO2. The number of ketones is 1. The summed E-state index contributed by atoms with van der Waals surface area (Å²) >= 11 is 1.73. The number of fused-ring (bicyclic) bond motifs is 1. The Labute approximate surface area is 119 Å². The van der Waals surface area contributed by atoms with Crippen LogP contribution in [0.25, 0.3) is 0 Å². The van der Waals surface area contributed by atoms with Gasteiger partial charge in [-0.25, -0.2) is 0 Å². The first-order chi connectivity index (χ1) is 8.94. The molecular formula is C16H22O2S. The highest BCUT2D eigenvalue weighted by Gasteiger charge is 2.14. The zero-order valence-electron chi connectivity index (χ0n) is 12.0. The zero-order chi connectivity index (χ0) is 13.9. The first kappa shape index (κ1) is 14.4. The van der Waals surface area contributed by atoms with Gasteiger partial charge in [-0.3, -0.25) is 4.79 Å². The molecular weight excluding hydrogens is 256 g/mol. The van der Waals surface area contributed by atoms with Crippen molar-refractivity contribution in [2.45, 2.75) is 44.8 Å². The summed E-state index contributed by atoms with van der Waals surface area (Å²) in [6.45, 7) is 7.22. The number of thioether (sulfide) groups is 1. The van der Waals surface area contributed by atoms with Crippen molar-refractivity contribution in [1.82, 2.24) is 0 Å². The summed E-state index contributed by atoms with van der Waals surface area (Å²) in [5.74, 6) is 1.98. The highest BCUT2D eigenvalue weighted by Crippen LogP contribution is 2.27. The van der Waals surface area contributed by atoms with Gasteiger partial charge in [0.05, 0.1) is 12.4 Å². The van der Waals surface area contributed by atoms with Crippen LogP contribution in [0.1, 0.15) is 38.3 Å². The topological polar surface area (TPSA) is 26.3 Å². The second kappa shape index (κ2) is 6.00. The van der Waals surface area contributed by atoms with E-state index in [1.807, 2.05) is 6.07 Å². The Hall–Kier alpha value is -0.960. The highest BCUT2D eigenvalue weighted by molar-refractivity contribution is 8.01. The van der Waals surface area contributed by atoms with E-state index in [-0.39, 0.29) is 4.75 Å². The maximum Gasteiger partial charge on any atom is 0.143 e. The third-order valence-electron chi connectivity index (χ3n) is 3.11. The molecule has 2 rings (SSSR count). The first-order valence-electron chi connectivity index (χ1n) is 6.84. The van der Waals surface area contributed by atoms with E-state index in [2.05, 4.69) is 32.9 Å². The molecule has 0 fully saturated rings. The van der Waals surface area contributed by atoms with Crippen molar-refractivity contribution < 1.29 is 9.53 Å². The predicted octanol–water partition coefficient (Wildman–Crippen LogP) is 3.65. The fourth-order valence-electron chi connectivity index (χ4n) is 2.05. The number of ether oxygens (including phenoxy) is 1. The third kappa shape index (κ3) is 4.57. The van der Waals surface area contributed by atoms with Crippen LogP contribution in [0.5, 0.6) is 5.75 Å². The minimum absolute atomic E-state index is 0.167. The minimum atomic E-state index is 0.167. The number of Topliss-reactive ketones (excluding diaryl/α,β-unsaturated/α-hetero) is 1. The van der Waals surface area contributed by atoms with Crippen LogP contribution in [0.3, 0.4) is 0 Å². The first-order valence-corrected chi connectivity index (χ1v) is 7.83. The van der Waals surface area contributed by atoms with Crippen molar-refractivity contribution in [2.24, 2.45) is 0 Å². The van der Waals surface area contributed by atoms with Crippen LogP contribution in [0.2, 0.25) is 0 Å². The van der Waals surface area contributed by atoms with Gasteiger partial charge >= 0.3 is 0 Å². The Morgan fingerprint density at radius 3 is 2.89 bits per heavy atom. The number of rotatable bonds is 5. The van der Waals surface area contributed by atoms with Crippen LogP contribution >= 0.6 is 11.8 Å². The van der Waals surface area contributed by atoms with Crippen LogP contribution in [0.4, 0.5) is 0 Å². The van der Waals surface area contributed by atoms with Crippen LogP contribution in [-0.4, -0.2) is 22.9 Å². The van der Waals surface area contributed by atoms with Crippen molar-refractivity contribution in [3.63, 3.8) is 0 Å². The molecule has 0 spiro atoms. The van der Waals surface area contributed by atoms with E-state index in [0.29, 0.717) is 18.0 Å². The maximum absolute atomic E-state index is 11.9. The van der Waals surface area contributed by atoms with Gasteiger partial charge in [-0.05, 0) is 23.6 Å². The molecule has 19 heavy (non-hydrogen) atoms. The Bertz CT molecular complexity index is 460. The fourth-order valence-corrected chi connectivity index (χ4v) is 2.79. The molecule has 104 valence electrons. The number of hydrogen-bond acceptors (Lipinski definition) is 3. The van der Waals surface area contributed by atoms with E-state index >= 15 is 0 Å². The lowest BCUT2D eigenvalue weighted by atomic mass is 10.0. The van der Waals surface area contributed by atoms with Crippen molar-refractivity contribution in [1.29, 1.82) is 0 Å². The summed E-state index contributed by atoms with van der Waals surface area (Å²) in [6, 6.07) is 6.30. The molecule has 3 heteroatoms. The largest absolute Gasteiger partial charge is 0.493 e. The maximum atomic E-state index is 11.9. The number of carbonyl (C=O) groups excluding carboxylic acids is 1. The van der Waals surface area contributed by atoms with E-state index in [0.717, 1.165) is 25.2 Å². The summed E-state index contributed by atoms with van der Waals surface area (Å²) < 4.78 is 5.65. The monoisotopic (exact) mass is 278 g/mol. The molecule has 1 aliphatic rings. The number of benzene rings is 1. The van der Waals surface area contributed by atoms with E-state index in [4.69, 9.17) is 4.74 Å². The molecule has 1 aromatic rings. The molecule has 0 saturated carbocycles. The second-order valence-electron chi connectivity index (χ2n) is 5.98. The third-order valence-corrected chi connectivity index (χ3v) is 4.44. The van der Waals surface area contributed by atoms with Crippen LogP contribution in [0, 0.1) is 0 Å². The van der Waals surface area contributed by atoms with Crippen LogP contribution < -0.4 is 4.74 Å². The predicted molar refractivity (Wildman–Crippen MR) is 81.2 cm³/mol. The molecule has 1 heterocycles.